The Morgan fingerprint density at radius 1 is 1.28 bits per heavy atom. The van der Waals surface area contributed by atoms with Crippen LogP contribution in [0.5, 0.6) is 0 Å². The van der Waals surface area contributed by atoms with Gasteiger partial charge in [0.15, 0.2) is 5.70 Å². The number of ether oxygens (including phenoxy) is 2. The largest absolute Gasteiger partial charge is 0.478 e. The first-order chi connectivity index (χ1) is 8.45. The summed E-state index contributed by atoms with van der Waals surface area (Å²) in [5, 5.41) is 17.9. The van der Waals surface area contributed by atoms with Crippen molar-refractivity contribution in [3.05, 3.63) is 11.3 Å². The average molecular weight is 257 g/mol. The molecule has 0 aliphatic carbocycles. The summed E-state index contributed by atoms with van der Waals surface area (Å²) < 4.78 is 10.1. The van der Waals surface area contributed by atoms with Crippen molar-refractivity contribution in [1.82, 2.24) is 0 Å². The summed E-state index contributed by atoms with van der Waals surface area (Å²) >= 11 is 0. The van der Waals surface area contributed by atoms with Crippen molar-refractivity contribution < 1.29 is 29.3 Å². The lowest BCUT2D eigenvalue weighted by Crippen LogP contribution is -2.37. The molecule has 18 heavy (non-hydrogen) atoms. The fourth-order valence-corrected chi connectivity index (χ4v) is 1.92. The van der Waals surface area contributed by atoms with E-state index in [9.17, 15) is 9.59 Å². The molecule has 7 heteroatoms. The van der Waals surface area contributed by atoms with E-state index in [2.05, 4.69) is 4.99 Å². The van der Waals surface area contributed by atoms with Crippen molar-refractivity contribution in [2.45, 2.75) is 6.42 Å². The SMILES string of the molecule is COCC1(COC)C=NC(C(=O)O)=C(C(=O)O)C1. The van der Waals surface area contributed by atoms with Gasteiger partial charge in [0.25, 0.3) is 0 Å². The van der Waals surface area contributed by atoms with Crippen molar-refractivity contribution >= 4 is 18.2 Å². The molecule has 0 amide bonds. The molecule has 100 valence electrons. The topological polar surface area (TPSA) is 105 Å². The summed E-state index contributed by atoms with van der Waals surface area (Å²) in [6, 6.07) is 0. The minimum Gasteiger partial charge on any atom is -0.478 e. The Labute approximate surface area is 104 Å². The number of aliphatic carboxylic acids is 2. The van der Waals surface area contributed by atoms with Crippen LogP contribution in [0.4, 0.5) is 0 Å². The van der Waals surface area contributed by atoms with Gasteiger partial charge in [0.2, 0.25) is 0 Å². The standard InChI is InChI=1S/C11H15NO6/c1-17-5-11(6-18-2)3-7(9(13)14)8(10(15)16)12-4-11/h4H,3,5-6H2,1-2H3,(H,13,14)(H,15,16). The highest BCUT2D eigenvalue weighted by atomic mass is 16.5. The summed E-state index contributed by atoms with van der Waals surface area (Å²) in [4.78, 5) is 25.7. The minimum absolute atomic E-state index is 0.00907. The van der Waals surface area contributed by atoms with Crippen LogP contribution in [0.3, 0.4) is 0 Å². The van der Waals surface area contributed by atoms with Crippen LogP contribution in [0.25, 0.3) is 0 Å². The third-order valence-corrected chi connectivity index (χ3v) is 2.61. The van der Waals surface area contributed by atoms with E-state index < -0.39 is 23.1 Å². The molecule has 0 saturated carbocycles. The number of aliphatic imine (C=N–C) groups is 1. The van der Waals surface area contributed by atoms with Gasteiger partial charge < -0.3 is 19.7 Å². The molecular weight excluding hydrogens is 242 g/mol. The first-order valence-corrected chi connectivity index (χ1v) is 5.18. The molecule has 0 bridgehead atoms. The Bertz CT molecular complexity index is 406. The average Bonchev–Trinajstić information content (AvgIpc) is 2.29. The summed E-state index contributed by atoms with van der Waals surface area (Å²) in [7, 11) is 2.95. The maximum absolute atomic E-state index is 11.1. The molecule has 1 rings (SSSR count). The van der Waals surface area contributed by atoms with E-state index in [-0.39, 0.29) is 25.2 Å². The molecule has 7 nitrogen and oxygen atoms in total. The van der Waals surface area contributed by atoms with E-state index in [1.54, 1.807) is 0 Å². The zero-order valence-electron chi connectivity index (χ0n) is 10.2. The first-order valence-electron chi connectivity index (χ1n) is 5.18. The van der Waals surface area contributed by atoms with E-state index in [4.69, 9.17) is 19.7 Å². The van der Waals surface area contributed by atoms with Crippen molar-refractivity contribution in [2.24, 2.45) is 10.4 Å². The number of hydrogen-bond acceptors (Lipinski definition) is 5. The van der Waals surface area contributed by atoms with Crippen molar-refractivity contribution in [2.75, 3.05) is 27.4 Å². The molecule has 0 aromatic heterocycles. The van der Waals surface area contributed by atoms with Gasteiger partial charge in [0, 0.05) is 20.4 Å². The van der Waals surface area contributed by atoms with Crippen molar-refractivity contribution in [3.8, 4) is 0 Å². The molecule has 1 aliphatic heterocycles. The van der Waals surface area contributed by atoms with Gasteiger partial charge in [-0.1, -0.05) is 0 Å². The Morgan fingerprint density at radius 2 is 1.83 bits per heavy atom. The fourth-order valence-electron chi connectivity index (χ4n) is 1.92. The molecule has 0 fully saturated rings. The van der Waals surface area contributed by atoms with Gasteiger partial charge in [-0.05, 0) is 6.42 Å². The molecule has 1 aliphatic rings. The van der Waals surface area contributed by atoms with Gasteiger partial charge in [-0.15, -0.1) is 0 Å². The van der Waals surface area contributed by atoms with Crippen LogP contribution in [0.1, 0.15) is 6.42 Å². The molecule has 0 radical (unpaired) electrons. The Morgan fingerprint density at radius 3 is 2.22 bits per heavy atom. The zero-order chi connectivity index (χ0) is 13.8. The highest BCUT2D eigenvalue weighted by Gasteiger charge is 2.37. The zero-order valence-corrected chi connectivity index (χ0v) is 10.2. The summed E-state index contributed by atoms with van der Waals surface area (Å²) in [6.45, 7) is 0.405. The number of carboxylic acid groups (broad SMARTS) is 2. The lowest BCUT2D eigenvalue weighted by Gasteiger charge is -2.31. The quantitative estimate of drug-likeness (QED) is 0.702. The molecule has 0 atom stereocenters. The van der Waals surface area contributed by atoms with E-state index in [1.807, 2.05) is 0 Å². The van der Waals surface area contributed by atoms with Crippen LogP contribution in [0, 0.1) is 5.41 Å². The van der Waals surface area contributed by atoms with Crippen LogP contribution in [-0.4, -0.2) is 55.8 Å². The van der Waals surface area contributed by atoms with E-state index in [0.717, 1.165) is 0 Å². The third-order valence-electron chi connectivity index (χ3n) is 2.61. The maximum Gasteiger partial charge on any atom is 0.355 e. The van der Waals surface area contributed by atoms with Crippen LogP contribution >= 0.6 is 0 Å². The highest BCUT2D eigenvalue weighted by molar-refractivity contribution is 6.01. The van der Waals surface area contributed by atoms with Crippen molar-refractivity contribution in [1.29, 1.82) is 0 Å². The van der Waals surface area contributed by atoms with E-state index >= 15 is 0 Å². The molecule has 1 heterocycles. The normalized spacial score (nSPS) is 17.9. The van der Waals surface area contributed by atoms with Gasteiger partial charge in [-0.2, -0.15) is 0 Å². The van der Waals surface area contributed by atoms with Gasteiger partial charge >= 0.3 is 11.9 Å². The summed E-state index contributed by atoms with van der Waals surface area (Å²) in [5.41, 5.74) is -1.42. The first kappa shape index (κ1) is 14.3. The Kier molecular flexibility index (Phi) is 4.57. The molecular formula is C11H15NO6. The van der Waals surface area contributed by atoms with Crippen LogP contribution in [0.2, 0.25) is 0 Å². The monoisotopic (exact) mass is 257 g/mol. The molecule has 0 unspecified atom stereocenters. The highest BCUT2D eigenvalue weighted by Crippen LogP contribution is 2.32. The van der Waals surface area contributed by atoms with E-state index in [1.165, 1.54) is 20.4 Å². The van der Waals surface area contributed by atoms with Gasteiger partial charge in [-0.25, -0.2) is 9.59 Å². The number of carbonyl (C=O) groups is 2. The molecule has 0 spiro atoms. The summed E-state index contributed by atoms with van der Waals surface area (Å²) in [6.07, 6.45) is 1.41. The second-order valence-corrected chi connectivity index (χ2v) is 4.10. The lowest BCUT2D eigenvalue weighted by molar-refractivity contribution is -0.136. The molecule has 0 saturated heterocycles. The van der Waals surface area contributed by atoms with Crippen LogP contribution < -0.4 is 0 Å². The van der Waals surface area contributed by atoms with Gasteiger partial charge in [-0.3, -0.25) is 4.99 Å². The third kappa shape index (κ3) is 2.93. The van der Waals surface area contributed by atoms with E-state index in [0.29, 0.717) is 0 Å². The second-order valence-electron chi connectivity index (χ2n) is 4.10. The fraction of sp³-hybridized carbons (Fsp3) is 0.545. The van der Waals surface area contributed by atoms with Crippen LogP contribution in [-0.2, 0) is 19.1 Å². The lowest BCUT2D eigenvalue weighted by atomic mass is 9.81. The predicted octanol–water partition coefficient (Wildman–Crippen LogP) is 0.163. The number of hydrogen-bond donors (Lipinski definition) is 2. The molecule has 0 aromatic rings. The Hall–Kier alpha value is -1.73. The van der Waals surface area contributed by atoms with Gasteiger partial charge in [0.1, 0.15) is 0 Å². The molecule has 2 N–H and O–H groups in total. The summed E-state index contributed by atoms with van der Waals surface area (Å²) in [5.74, 6) is -2.65. The van der Waals surface area contributed by atoms with Gasteiger partial charge in [0.05, 0.1) is 24.2 Å². The molecule has 0 aromatic carbocycles. The Balaban J connectivity index is 3.12. The van der Waals surface area contributed by atoms with Crippen molar-refractivity contribution in [3.63, 3.8) is 0 Å². The number of nitrogens with zero attached hydrogens (tertiary/aromatic N) is 1. The number of rotatable bonds is 6. The number of methoxy groups -OCH3 is 2. The smallest absolute Gasteiger partial charge is 0.355 e. The predicted molar refractivity (Wildman–Crippen MR) is 61.6 cm³/mol. The number of carboxylic acids is 2. The van der Waals surface area contributed by atoms with Crippen LogP contribution in [0.15, 0.2) is 16.3 Å². The minimum atomic E-state index is -1.35. The second kappa shape index (κ2) is 5.74. The maximum atomic E-state index is 11.1.